The molecule has 1 fully saturated rings. The van der Waals surface area contributed by atoms with Crippen molar-refractivity contribution >= 4 is 27.6 Å². The lowest BCUT2D eigenvalue weighted by molar-refractivity contribution is -0.213. The summed E-state index contributed by atoms with van der Waals surface area (Å²) in [6.45, 7) is -0.895. The van der Waals surface area contributed by atoms with Crippen molar-refractivity contribution in [2.24, 2.45) is 11.4 Å². The van der Waals surface area contributed by atoms with Crippen molar-refractivity contribution in [1.82, 2.24) is 14.7 Å². The van der Waals surface area contributed by atoms with E-state index in [0.717, 1.165) is 54.0 Å². The highest BCUT2D eigenvalue weighted by Gasteiger charge is 2.37. The highest BCUT2D eigenvalue weighted by molar-refractivity contribution is 7.91. The van der Waals surface area contributed by atoms with Crippen molar-refractivity contribution in [2.75, 3.05) is 29.3 Å². The van der Waals surface area contributed by atoms with Crippen LogP contribution in [0.25, 0.3) is 0 Å². The molecule has 2 aromatic rings. The van der Waals surface area contributed by atoms with Crippen LogP contribution in [0.5, 0.6) is 0 Å². The molecule has 2 aliphatic carbocycles. The Morgan fingerprint density at radius 2 is 1.78 bits per heavy atom. The number of aryl methyl sites for hydroxylation is 3. The van der Waals surface area contributed by atoms with Crippen LogP contribution >= 0.6 is 0 Å². The third kappa shape index (κ3) is 5.57. The van der Waals surface area contributed by atoms with Crippen molar-refractivity contribution in [2.45, 2.75) is 63.6 Å². The van der Waals surface area contributed by atoms with E-state index in [4.69, 9.17) is 0 Å². The zero-order chi connectivity index (χ0) is 26.4. The number of piperidine rings is 1. The first-order valence-electron chi connectivity index (χ1n) is 12.5. The van der Waals surface area contributed by atoms with Gasteiger partial charge in [0, 0.05) is 38.1 Å². The number of nitrogens with zero attached hydrogens (tertiary/aromatic N) is 5. The maximum atomic E-state index is 13.5. The van der Waals surface area contributed by atoms with Gasteiger partial charge in [-0.25, -0.2) is 4.31 Å². The van der Waals surface area contributed by atoms with Crippen LogP contribution < -0.4 is 14.7 Å². The number of halogens is 3. The summed E-state index contributed by atoms with van der Waals surface area (Å²) in [7, 11) is -2.88. The molecule has 0 spiro atoms. The van der Waals surface area contributed by atoms with Crippen molar-refractivity contribution in [3.05, 3.63) is 40.7 Å². The van der Waals surface area contributed by atoms with Gasteiger partial charge in [0.2, 0.25) is 0 Å². The number of hydrogen-bond acceptors (Lipinski definition) is 5. The summed E-state index contributed by atoms with van der Waals surface area (Å²) in [5, 5.41) is 19.8. The monoisotopic (exact) mass is 539 g/mol. The molecule has 0 unspecified atom stereocenters. The number of amidine groups is 1. The molecule has 1 saturated heterocycles. The largest absolute Gasteiger partial charge is 0.845 e. The lowest BCUT2D eigenvalue weighted by Gasteiger charge is -2.37. The van der Waals surface area contributed by atoms with E-state index >= 15 is 0 Å². The fraction of sp³-hybridized carbons (Fsp3) is 0.583. The van der Waals surface area contributed by atoms with Crippen LogP contribution in [0.2, 0.25) is 0 Å². The number of aromatic nitrogens is 2. The van der Waals surface area contributed by atoms with Crippen molar-refractivity contribution in [1.29, 1.82) is 0 Å². The zero-order valence-electron chi connectivity index (χ0n) is 20.6. The first-order valence-corrected chi connectivity index (χ1v) is 13.9. The van der Waals surface area contributed by atoms with Gasteiger partial charge in [-0.15, -0.1) is 4.40 Å². The van der Waals surface area contributed by atoms with Gasteiger partial charge in [0.05, 0.1) is 24.5 Å². The van der Waals surface area contributed by atoms with Crippen LogP contribution in [0.4, 0.5) is 24.5 Å². The normalized spacial score (nSPS) is 19.2. The maximum absolute atomic E-state index is 13.5. The second kappa shape index (κ2) is 9.82. The predicted molar refractivity (Wildman–Crippen MR) is 132 cm³/mol. The Morgan fingerprint density at radius 1 is 1.16 bits per heavy atom. The van der Waals surface area contributed by atoms with E-state index in [1.807, 2.05) is 0 Å². The molecule has 202 valence electrons. The predicted octanol–water partition coefficient (Wildman–Crippen LogP) is 2.30. The highest BCUT2D eigenvalue weighted by Crippen LogP contribution is 2.38. The third-order valence-electron chi connectivity index (χ3n) is 7.39. The minimum absolute atomic E-state index is 0.0743. The van der Waals surface area contributed by atoms with Gasteiger partial charge in [0.1, 0.15) is 0 Å². The zero-order valence-corrected chi connectivity index (χ0v) is 21.4. The molecule has 5 rings (SSSR count). The van der Waals surface area contributed by atoms with Crippen molar-refractivity contribution in [3.63, 3.8) is 0 Å². The number of hydrogen-bond donors (Lipinski definition) is 1. The van der Waals surface area contributed by atoms with Crippen molar-refractivity contribution in [3.8, 4) is 0 Å². The van der Waals surface area contributed by atoms with E-state index in [1.54, 1.807) is 7.05 Å². The quantitative estimate of drug-likeness (QED) is 0.446. The molecule has 13 heteroatoms. The summed E-state index contributed by atoms with van der Waals surface area (Å²) in [6, 6.07) is 0.585. The van der Waals surface area contributed by atoms with Gasteiger partial charge in [-0.1, -0.05) is 6.07 Å². The minimum atomic E-state index is -4.51. The van der Waals surface area contributed by atoms with E-state index in [-0.39, 0.29) is 31.6 Å². The Labute approximate surface area is 214 Å². The molecular formula is C24H30F3N6O3S-. The van der Waals surface area contributed by atoms with Gasteiger partial charge in [0.25, 0.3) is 0 Å². The first kappa shape index (κ1) is 25.8. The number of alkyl halides is 3. The van der Waals surface area contributed by atoms with E-state index in [1.165, 1.54) is 33.1 Å². The van der Waals surface area contributed by atoms with Gasteiger partial charge in [0.15, 0.2) is 0 Å². The number of likely N-dealkylation sites (tertiary alicyclic amines) is 1. The topological polar surface area (TPSA) is 106 Å². The molecule has 0 bridgehead atoms. The molecule has 1 N–H and O–H groups in total. The SMILES string of the molecule is Cn1cc(N(C2CCN(CC(F)(F)F)CC2)S(=O)(=O)/N=C(\[O-])Nc2c3c(cc4c2CCC4)CCC3)cn1. The molecule has 0 atom stereocenters. The van der Waals surface area contributed by atoms with Gasteiger partial charge in [-0.05, 0) is 73.6 Å². The van der Waals surface area contributed by atoms with Gasteiger partial charge in [-0.3, -0.25) is 9.58 Å². The minimum Gasteiger partial charge on any atom is -0.845 e. The van der Waals surface area contributed by atoms with E-state index in [9.17, 15) is 26.7 Å². The number of benzene rings is 1. The molecule has 1 aromatic heterocycles. The molecule has 0 radical (unpaired) electrons. The molecule has 0 saturated carbocycles. The second-order valence-corrected chi connectivity index (χ2v) is 11.5. The van der Waals surface area contributed by atoms with E-state index < -0.39 is 35.0 Å². The van der Waals surface area contributed by atoms with Crippen LogP contribution in [-0.4, -0.2) is 61.0 Å². The smallest absolute Gasteiger partial charge is 0.401 e. The van der Waals surface area contributed by atoms with Gasteiger partial charge < -0.3 is 10.4 Å². The summed E-state index contributed by atoms with van der Waals surface area (Å²) >= 11 is 0. The second-order valence-electron chi connectivity index (χ2n) is 10.0. The lowest BCUT2D eigenvalue weighted by atomic mass is 9.99. The van der Waals surface area contributed by atoms with Crippen LogP contribution in [0, 0.1) is 0 Å². The Bertz CT molecular complexity index is 1270. The number of anilines is 2. The highest BCUT2D eigenvalue weighted by atomic mass is 32.2. The van der Waals surface area contributed by atoms with Crippen LogP contribution in [0.15, 0.2) is 22.9 Å². The summed E-state index contributed by atoms with van der Waals surface area (Å²) in [4.78, 5) is 1.25. The first-order chi connectivity index (χ1) is 17.5. The maximum Gasteiger partial charge on any atom is 0.401 e. The van der Waals surface area contributed by atoms with Crippen LogP contribution in [0.3, 0.4) is 0 Å². The standard InChI is InChI=1S/C24H31F3N6O3S/c1-31-14-19(13-28-31)33(18-8-10-32(11-9-18)15-24(25,26)27)37(35,36)30-23(34)29-22-20-6-2-4-16(20)12-17-5-3-7-21(17)22/h12-14,18H,2-11,15H2,1H3,(H2,29,30,34)/p-1. The molecule has 1 aromatic carbocycles. The summed E-state index contributed by atoms with van der Waals surface area (Å²) in [5.74, 6) is 0. The van der Waals surface area contributed by atoms with Gasteiger partial charge in [-0.2, -0.15) is 26.7 Å². The Hall–Kier alpha value is -2.80. The summed E-state index contributed by atoms with van der Waals surface area (Å²) in [5.41, 5.74) is 5.42. The summed E-state index contributed by atoms with van der Waals surface area (Å²) in [6.07, 6.45) is 4.33. The van der Waals surface area contributed by atoms with Crippen LogP contribution in [0.1, 0.15) is 47.9 Å². The average molecular weight is 540 g/mol. The number of nitrogens with one attached hydrogen (secondary N) is 1. The average Bonchev–Trinajstić information content (AvgIpc) is 3.54. The Morgan fingerprint density at radius 3 is 2.32 bits per heavy atom. The Kier molecular flexibility index (Phi) is 6.86. The van der Waals surface area contributed by atoms with Crippen molar-refractivity contribution < 1.29 is 26.7 Å². The fourth-order valence-electron chi connectivity index (χ4n) is 5.87. The molecule has 9 nitrogen and oxygen atoms in total. The summed E-state index contributed by atoms with van der Waals surface area (Å²) < 4.78 is 71.5. The van der Waals surface area contributed by atoms with Gasteiger partial charge >= 0.3 is 16.4 Å². The molecule has 0 amide bonds. The lowest BCUT2D eigenvalue weighted by Crippen LogP contribution is -2.49. The third-order valence-corrected chi connectivity index (χ3v) is 8.79. The fourth-order valence-corrected chi connectivity index (χ4v) is 7.16. The Balaban J connectivity index is 1.41. The number of fused-ring (bicyclic) bond motifs is 2. The molecular weight excluding hydrogens is 509 g/mol. The molecule has 37 heavy (non-hydrogen) atoms. The van der Waals surface area contributed by atoms with E-state index in [2.05, 4.69) is 20.9 Å². The van der Waals surface area contributed by atoms with Crippen LogP contribution in [-0.2, 0) is 42.9 Å². The van der Waals surface area contributed by atoms with E-state index in [0.29, 0.717) is 5.69 Å². The molecule has 1 aliphatic heterocycles. The molecule has 2 heterocycles. The number of rotatable bonds is 6. The molecule has 3 aliphatic rings.